The molecule has 4 fully saturated rings. The Balaban J connectivity index is 1.54. The number of ether oxygens (including phenoxy) is 2. The summed E-state index contributed by atoms with van der Waals surface area (Å²) in [4.78, 5) is 37.4. The summed E-state index contributed by atoms with van der Waals surface area (Å²) in [5, 5.41) is 13.1. The fourth-order valence-corrected chi connectivity index (χ4v) is 5.73. The molecule has 2 atom stereocenters. The molecule has 0 bridgehead atoms. The highest BCUT2D eigenvalue weighted by molar-refractivity contribution is 5.91. The molecule has 4 aliphatic rings. The summed E-state index contributed by atoms with van der Waals surface area (Å²) in [6.07, 6.45) is 7.15. The van der Waals surface area contributed by atoms with Crippen LogP contribution in [0.3, 0.4) is 0 Å². The molecule has 2 amide bonds. The predicted molar refractivity (Wildman–Crippen MR) is 135 cm³/mol. The average molecular weight is 503 g/mol. The number of nitrogens with zero attached hydrogens (tertiary/aromatic N) is 5. The van der Waals surface area contributed by atoms with Crippen LogP contribution in [0.15, 0.2) is 4.99 Å². The lowest BCUT2D eigenvalue weighted by Gasteiger charge is -2.45. The van der Waals surface area contributed by atoms with Crippen molar-refractivity contribution in [2.24, 2.45) is 10.9 Å². The number of nitriles is 1. The van der Waals surface area contributed by atoms with Gasteiger partial charge in [0.25, 0.3) is 0 Å². The molecule has 10 nitrogen and oxygen atoms in total. The molecule has 2 unspecified atom stereocenters. The number of carbonyl (C=O) groups is 2. The van der Waals surface area contributed by atoms with Gasteiger partial charge >= 0.3 is 6.09 Å². The van der Waals surface area contributed by atoms with Crippen molar-refractivity contribution in [1.29, 1.82) is 5.26 Å². The molecule has 2 aliphatic heterocycles. The molecule has 0 aromatic heterocycles. The number of piperidine rings is 1. The minimum Gasteiger partial charge on any atom is -0.445 e. The van der Waals surface area contributed by atoms with Crippen LogP contribution < -0.4 is 5.32 Å². The number of carbonyl (C=O) groups excluding carboxylic acids is 2. The highest BCUT2D eigenvalue weighted by Gasteiger charge is 2.42. The van der Waals surface area contributed by atoms with Crippen LogP contribution in [0.2, 0.25) is 0 Å². The largest absolute Gasteiger partial charge is 0.445 e. The predicted octanol–water partition coefficient (Wildman–Crippen LogP) is 2.35. The van der Waals surface area contributed by atoms with Gasteiger partial charge in [-0.25, -0.2) is 4.79 Å². The van der Waals surface area contributed by atoms with Crippen LogP contribution in [0.1, 0.15) is 64.7 Å². The molecule has 1 N–H and O–H groups in total. The lowest BCUT2D eigenvalue weighted by atomic mass is 9.81. The van der Waals surface area contributed by atoms with Crippen molar-refractivity contribution in [2.75, 3.05) is 53.0 Å². The van der Waals surface area contributed by atoms with Gasteiger partial charge in [-0.15, -0.1) is 4.99 Å². The number of hydrogen-bond donors (Lipinski definition) is 1. The van der Waals surface area contributed by atoms with Crippen molar-refractivity contribution in [3.63, 3.8) is 0 Å². The van der Waals surface area contributed by atoms with Crippen LogP contribution in [0.5, 0.6) is 0 Å². The zero-order valence-electron chi connectivity index (χ0n) is 21.9. The lowest BCUT2D eigenvalue weighted by molar-refractivity contribution is -0.129. The van der Waals surface area contributed by atoms with Crippen LogP contribution in [0.25, 0.3) is 0 Å². The molecule has 2 heterocycles. The van der Waals surface area contributed by atoms with Gasteiger partial charge < -0.3 is 29.5 Å². The molecule has 10 heteroatoms. The molecule has 4 rings (SSSR count). The summed E-state index contributed by atoms with van der Waals surface area (Å²) < 4.78 is 11.1. The van der Waals surface area contributed by atoms with Crippen molar-refractivity contribution in [3.8, 4) is 6.07 Å². The summed E-state index contributed by atoms with van der Waals surface area (Å²) in [6, 6.07) is 2.32. The molecule has 0 spiro atoms. The Labute approximate surface area is 215 Å². The number of aliphatic imine (C=N–C) groups is 1. The third-order valence-corrected chi connectivity index (χ3v) is 8.29. The van der Waals surface area contributed by atoms with Gasteiger partial charge in [-0.05, 0) is 58.9 Å². The van der Waals surface area contributed by atoms with Gasteiger partial charge in [-0.3, -0.25) is 4.79 Å². The second-order valence-electron chi connectivity index (χ2n) is 10.7. The standard InChI is InChI=1S/C26H42N6O4/c1-3-32(24(31-15-17-35-18-16-31)28-25(34)36-20-7-6-8-20)22-10-5-4-9-21(22)23(33)29-26(19-27)11-13-30(2)14-12-26/h20-22H,3-18H2,1-2H3,(H,29,33). The Hall–Kier alpha value is -2.38. The van der Waals surface area contributed by atoms with Gasteiger partial charge in [0.15, 0.2) is 0 Å². The molecule has 0 aromatic rings. The minimum absolute atomic E-state index is 0.0350. The van der Waals surface area contributed by atoms with Gasteiger partial charge in [0.2, 0.25) is 11.9 Å². The van der Waals surface area contributed by atoms with E-state index in [1.54, 1.807) is 0 Å². The van der Waals surface area contributed by atoms with E-state index in [0.717, 1.165) is 58.0 Å². The van der Waals surface area contributed by atoms with E-state index in [1.165, 1.54) is 0 Å². The monoisotopic (exact) mass is 502 g/mol. The molecular formula is C26H42N6O4. The van der Waals surface area contributed by atoms with Gasteiger partial charge in [0, 0.05) is 38.8 Å². The quantitative estimate of drug-likeness (QED) is 0.451. The maximum atomic E-state index is 13.7. The molecule has 0 radical (unpaired) electrons. The molecular weight excluding hydrogens is 460 g/mol. The summed E-state index contributed by atoms with van der Waals surface area (Å²) in [5.74, 6) is 0.268. The van der Waals surface area contributed by atoms with Crippen molar-refractivity contribution < 1.29 is 19.1 Å². The van der Waals surface area contributed by atoms with Gasteiger partial charge in [-0.2, -0.15) is 5.26 Å². The highest BCUT2D eigenvalue weighted by Crippen LogP contribution is 2.32. The van der Waals surface area contributed by atoms with E-state index >= 15 is 0 Å². The van der Waals surface area contributed by atoms with Crippen molar-refractivity contribution in [3.05, 3.63) is 0 Å². The van der Waals surface area contributed by atoms with Crippen molar-refractivity contribution in [2.45, 2.75) is 82.4 Å². The molecule has 36 heavy (non-hydrogen) atoms. The third kappa shape index (κ3) is 6.30. The first-order chi connectivity index (χ1) is 17.4. The Morgan fingerprint density at radius 3 is 2.42 bits per heavy atom. The van der Waals surface area contributed by atoms with Gasteiger partial charge in [0.1, 0.15) is 11.6 Å². The SMILES string of the molecule is CCN(C(=NC(=O)OC1CCC1)N1CCOCC1)C1CCCCC1C(=O)NC1(C#N)CCN(C)CC1. The molecule has 2 aliphatic carbocycles. The minimum atomic E-state index is -0.809. The smallest absolute Gasteiger partial charge is 0.437 e. The highest BCUT2D eigenvalue weighted by atomic mass is 16.6. The van der Waals surface area contributed by atoms with E-state index in [1.807, 2.05) is 14.0 Å². The fraction of sp³-hybridized carbons (Fsp3) is 0.846. The Morgan fingerprint density at radius 2 is 1.81 bits per heavy atom. The first-order valence-corrected chi connectivity index (χ1v) is 13.7. The van der Waals surface area contributed by atoms with Gasteiger partial charge in [0.05, 0.1) is 25.2 Å². The number of nitrogens with one attached hydrogen (secondary N) is 1. The van der Waals surface area contributed by atoms with Crippen molar-refractivity contribution in [1.82, 2.24) is 20.0 Å². The Morgan fingerprint density at radius 1 is 1.11 bits per heavy atom. The van der Waals surface area contributed by atoms with E-state index in [4.69, 9.17) is 9.47 Å². The third-order valence-electron chi connectivity index (χ3n) is 8.29. The normalized spacial score (nSPS) is 27.5. The number of morpholine rings is 1. The van der Waals surface area contributed by atoms with E-state index in [2.05, 4.69) is 31.1 Å². The average Bonchev–Trinajstić information content (AvgIpc) is 2.88. The summed E-state index contributed by atoms with van der Waals surface area (Å²) in [5.41, 5.74) is -0.809. The van der Waals surface area contributed by atoms with E-state index in [0.29, 0.717) is 51.6 Å². The lowest BCUT2D eigenvalue weighted by Crippen LogP contribution is -2.60. The molecule has 0 aromatic carbocycles. The Kier molecular flexibility index (Phi) is 9.07. The van der Waals surface area contributed by atoms with E-state index in [-0.39, 0.29) is 24.0 Å². The topological polar surface area (TPSA) is 110 Å². The molecule has 2 saturated carbocycles. The van der Waals surface area contributed by atoms with Crippen LogP contribution in [-0.4, -0.2) is 103 Å². The molecule has 200 valence electrons. The zero-order valence-corrected chi connectivity index (χ0v) is 21.9. The number of amides is 2. The van der Waals surface area contributed by atoms with Crippen LogP contribution in [0, 0.1) is 17.2 Å². The summed E-state index contributed by atoms with van der Waals surface area (Å²) >= 11 is 0. The van der Waals surface area contributed by atoms with Crippen molar-refractivity contribution >= 4 is 18.0 Å². The fourth-order valence-electron chi connectivity index (χ4n) is 5.73. The molecule has 2 saturated heterocycles. The number of hydrogen-bond acceptors (Lipinski definition) is 6. The Bertz CT molecular complexity index is 840. The van der Waals surface area contributed by atoms with Gasteiger partial charge in [-0.1, -0.05) is 12.8 Å². The van der Waals surface area contributed by atoms with E-state index < -0.39 is 11.6 Å². The number of likely N-dealkylation sites (tertiary alicyclic amines) is 1. The zero-order chi connectivity index (χ0) is 25.5. The number of rotatable bonds is 5. The summed E-state index contributed by atoms with van der Waals surface area (Å²) in [7, 11) is 2.04. The second kappa shape index (κ2) is 12.2. The van der Waals surface area contributed by atoms with E-state index in [9.17, 15) is 14.9 Å². The first-order valence-electron chi connectivity index (χ1n) is 13.7. The van der Waals surface area contributed by atoms with Crippen LogP contribution in [-0.2, 0) is 14.3 Å². The summed E-state index contributed by atoms with van der Waals surface area (Å²) in [6.45, 7) is 6.67. The first kappa shape index (κ1) is 26.7. The maximum absolute atomic E-state index is 13.7. The number of guanidine groups is 1. The van der Waals surface area contributed by atoms with Crippen LogP contribution in [0.4, 0.5) is 4.79 Å². The van der Waals surface area contributed by atoms with Crippen LogP contribution >= 0.6 is 0 Å². The maximum Gasteiger partial charge on any atom is 0.437 e. The second-order valence-corrected chi connectivity index (χ2v) is 10.7.